The molecule has 2 atom stereocenters. The summed E-state index contributed by atoms with van der Waals surface area (Å²) in [4.78, 5) is 11.9. The highest BCUT2D eigenvalue weighted by molar-refractivity contribution is 5.95. The number of amides is 1. The first-order valence-electron chi connectivity index (χ1n) is 5.56. The monoisotopic (exact) mass is 238 g/mol. The number of carbonyl (C=O) groups is 1. The number of hydrogen-bond acceptors (Lipinski definition) is 3. The van der Waals surface area contributed by atoms with Gasteiger partial charge in [0, 0.05) is 6.61 Å². The molecule has 92 valence electrons. The predicted molar refractivity (Wildman–Crippen MR) is 63.0 cm³/mol. The lowest BCUT2D eigenvalue weighted by Gasteiger charge is -2.15. The van der Waals surface area contributed by atoms with Crippen molar-refractivity contribution in [3.63, 3.8) is 0 Å². The molecule has 1 aliphatic heterocycles. The summed E-state index contributed by atoms with van der Waals surface area (Å²) in [6.07, 6.45) is 0.518. The molecule has 1 heterocycles. The predicted octanol–water partition coefficient (Wildman–Crippen LogP) is 1.77. The number of rotatable bonds is 2. The molecule has 2 unspecified atom stereocenters. The van der Waals surface area contributed by atoms with Gasteiger partial charge in [0.25, 0.3) is 0 Å². The lowest BCUT2D eigenvalue weighted by molar-refractivity contribution is -0.121. The third kappa shape index (κ3) is 2.39. The molecule has 17 heavy (non-hydrogen) atoms. The lowest BCUT2D eigenvalue weighted by Crippen LogP contribution is -2.28. The van der Waals surface area contributed by atoms with E-state index in [1.165, 1.54) is 12.1 Å². The van der Waals surface area contributed by atoms with Crippen LogP contribution in [0.1, 0.15) is 13.3 Å². The molecule has 1 aliphatic rings. The van der Waals surface area contributed by atoms with Crippen LogP contribution in [0, 0.1) is 11.7 Å². The smallest absolute Gasteiger partial charge is 0.230 e. The van der Waals surface area contributed by atoms with E-state index in [-0.39, 0.29) is 29.3 Å². The van der Waals surface area contributed by atoms with Crippen molar-refractivity contribution in [3.05, 3.63) is 24.0 Å². The molecule has 2 rings (SSSR count). The number of nitrogen functional groups attached to an aromatic ring is 1. The first-order valence-corrected chi connectivity index (χ1v) is 5.56. The number of benzene rings is 1. The van der Waals surface area contributed by atoms with Gasteiger partial charge < -0.3 is 15.8 Å². The lowest BCUT2D eigenvalue weighted by atomic mass is 10.0. The van der Waals surface area contributed by atoms with E-state index in [0.717, 1.165) is 0 Å². The topological polar surface area (TPSA) is 64.3 Å². The first kappa shape index (κ1) is 11.9. The summed E-state index contributed by atoms with van der Waals surface area (Å²) in [5.74, 6) is -1.01. The molecule has 1 aromatic carbocycles. The van der Waals surface area contributed by atoms with Crippen molar-refractivity contribution in [2.24, 2.45) is 5.92 Å². The van der Waals surface area contributed by atoms with Crippen LogP contribution < -0.4 is 11.1 Å². The Morgan fingerprint density at radius 2 is 2.35 bits per heavy atom. The molecule has 5 heteroatoms. The summed E-state index contributed by atoms with van der Waals surface area (Å²) in [5, 5.41) is 2.53. The van der Waals surface area contributed by atoms with Crippen molar-refractivity contribution in [2.45, 2.75) is 19.4 Å². The van der Waals surface area contributed by atoms with Crippen molar-refractivity contribution in [3.8, 4) is 0 Å². The highest BCUT2D eigenvalue weighted by atomic mass is 19.1. The third-order valence-electron chi connectivity index (χ3n) is 3.01. The Morgan fingerprint density at radius 3 is 2.94 bits per heavy atom. The number of nitrogens with two attached hydrogens (primary N) is 1. The summed E-state index contributed by atoms with van der Waals surface area (Å²) in [5.41, 5.74) is 5.90. The number of ether oxygens (including phenoxy) is 1. The average molecular weight is 238 g/mol. The minimum atomic E-state index is -0.523. The van der Waals surface area contributed by atoms with E-state index in [9.17, 15) is 9.18 Å². The van der Waals surface area contributed by atoms with E-state index < -0.39 is 5.82 Å². The maximum atomic E-state index is 13.5. The number of halogens is 1. The van der Waals surface area contributed by atoms with Crippen molar-refractivity contribution >= 4 is 17.3 Å². The number of carbonyl (C=O) groups excluding carboxylic acids is 1. The number of anilines is 2. The Kier molecular flexibility index (Phi) is 3.28. The van der Waals surface area contributed by atoms with Crippen LogP contribution in [0.2, 0.25) is 0 Å². The van der Waals surface area contributed by atoms with Gasteiger partial charge in [-0.15, -0.1) is 0 Å². The summed E-state index contributed by atoms with van der Waals surface area (Å²) in [7, 11) is 0. The minimum absolute atomic E-state index is 0.0524. The molecule has 0 spiro atoms. The molecule has 0 aliphatic carbocycles. The number of nitrogens with one attached hydrogen (secondary N) is 1. The third-order valence-corrected chi connectivity index (χ3v) is 3.01. The standard InChI is InChI=1S/C12H15FN2O2/c1-7-8(5-6-17-7)12(16)15-11-9(13)3-2-4-10(11)14/h2-4,7-8H,5-6,14H2,1H3,(H,15,16). The van der Waals surface area contributed by atoms with Gasteiger partial charge in [0.2, 0.25) is 5.91 Å². The van der Waals surface area contributed by atoms with Crippen LogP contribution in [0.5, 0.6) is 0 Å². The van der Waals surface area contributed by atoms with E-state index in [1.807, 2.05) is 6.92 Å². The van der Waals surface area contributed by atoms with Gasteiger partial charge in [0.05, 0.1) is 17.7 Å². The van der Waals surface area contributed by atoms with Crippen molar-refractivity contribution in [1.82, 2.24) is 0 Å². The fourth-order valence-electron chi connectivity index (χ4n) is 1.96. The molecular weight excluding hydrogens is 223 g/mol. The highest BCUT2D eigenvalue weighted by Crippen LogP contribution is 2.26. The summed E-state index contributed by atoms with van der Waals surface area (Å²) in [6, 6.07) is 4.31. The van der Waals surface area contributed by atoms with Gasteiger partial charge in [-0.2, -0.15) is 0 Å². The van der Waals surface area contributed by atoms with E-state index >= 15 is 0 Å². The zero-order chi connectivity index (χ0) is 12.4. The molecule has 1 amide bonds. The fraction of sp³-hybridized carbons (Fsp3) is 0.417. The van der Waals surface area contributed by atoms with Crippen LogP contribution in [0.15, 0.2) is 18.2 Å². The van der Waals surface area contributed by atoms with Gasteiger partial charge in [-0.05, 0) is 25.5 Å². The SMILES string of the molecule is CC1OCCC1C(=O)Nc1c(N)cccc1F. The Balaban J connectivity index is 2.13. The van der Waals surface area contributed by atoms with Crippen LogP contribution in [-0.2, 0) is 9.53 Å². The number of para-hydroxylation sites is 1. The molecule has 1 fully saturated rings. The molecule has 1 aromatic rings. The van der Waals surface area contributed by atoms with Crippen LogP contribution in [0.25, 0.3) is 0 Å². The first-order chi connectivity index (χ1) is 8.09. The minimum Gasteiger partial charge on any atom is -0.397 e. The van der Waals surface area contributed by atoms with E-state index in [0.29, 0.717) is 13.0 Å². The van der Waals surface area contributed by atoms with Gasteiger partial charge in [0.1, 0.15) is 11.5 Å². The average Bonchev–Trinajstić information content (AvgIpc) is 2.70. The van der Waals surface area contributed by atoms with Gasteiger partial charge >= 0.3 is 0 Å². The second-order valence-corrected chi connectivity index (χ2v) is 4.16. The molecule has 3 N–H and O–H groups in total. The van der Waals surface area contributed by atoms with Crippen LogP contribution >= 0.6 is 0 Å². The maximum absolute atomic E-state index is 13.5. The summed E-state index contributed by atoms with van der Waals surface area (Å²) < 4.78 is 18.8. The van der Waals surface area contributed by atoms with E-state index in [1.54, 1.807) is 6.07 Å². The van der Waals surface area contributed by atoms with Crippen molar-refractivity contribution < 1.29 is 13.9 Å². The molecule has 0 radical (unpaired) electrons. The van der Waals surface area contributed by atoms with Crippen LogP contribution in [0.3, 0.4) is 0 Å². The molecular formula is C12H15FN2O2. The zero-order valence-corrected chi connectivity index (χ0v) is 9.57. The van der Waals surface area contributed by atoms with Gasteiger partial charge in [-0.3, -0.25) is 4.79 Å². The Hall–Kier alpha value is -1.62. The quantitative estimate of drug-likeness (QED) is 0.772. The summed E-state index contributed by atoms with van der Waals surface area (Å²) >= 11 is 0. The van der Waals surface area contributed by atoms with Crippen LogP contribution in [-0.4, -0.2) is 18.6 Å². The molecule has 0 aromatic heterocycles. The Morgan fingerprint density at radius 1 is 1.59 bits per heavy atom. The van der Waals surface area contributed by atoms with Crippen molar-refractivity contribution in [1.29, 1.82) is 0 Å². The zero-order valence-electron chi connectivity index (χ0n) is 9.57. The van der Waals surface area contributed by atoms with Gasteiger partial charge in [-0.1, -0.05) is 6.07 Å². The highest BCUT2D eigenvalue weighted by Gasteiger charge is 2.31. The van der Waals surface area contributed by atoms with Gasteiger partial charge in [0.15, 0.2) is 0 Å². The fourth-order valence-corrected chi connectivity index (χ4v) is 1.96. The van der Waals surface area contributed by atoms with Crippen molar-refractivity contribution in [2.75, 3.05) is 17.7 Å². The normalized spacial score (nSPS) is 23.6. The van der Waals surface area contributed by atoms with E-state index in [4.69, 9.17) is 10.5 Å². The second-order valence-electron chi connectivity index (χ2n) is 4.16. The molecule has 0 bridgehead atoms. The molecule has 1 saturated heterocycles. The van der Waals surface area contributed by atoms with E-state index in [2.05, 4.69) is 5.32 Å². The second kappa shape index (κ2) is 4.71. The maximum Gasteiger partial charge on any atom is 0.230 e. The molecule has 4 nitrogen and oxygen atoms in total. The summed E-state index contributed by atoms with van der Waals surface area (Å²) in [6.45, 7) is 2.40. The Bertz CT molecular complexity index is 416. The van der Waals surface area contributed by atoms with Gasteiger partial charge in [-0.25, -0.2) is 4.39 Å². The largest absolute Gasteiger partial charge is 0.397 e. The van der Waals surface area contributed by atoms with Crippen LogP contribution in [0.4, 0.5) is 15.8 Å². The number of hydrogen-bond donors (Lipinski definition) is 2. The molecule has 0 saturated carbocycles. The Labute approximate surface area is 98.9 Å².